The smallest absolute Gasteiger partial charge is 0.0886 e. The van der Waals surface area contributed by atoms with E-state index in [1.165, 1.54) is 43.1 Å². The Labute approximate surface area is 294 Å². The molecule has 0 nitrogen and oxygen atoms in total. The van der Waals surface area contributed by atoms with Gasteiger partial charge in [0.05, 0.1) is 10.3 Å². The van der Waals surface area contributed by atoms with Gasteiger partial charge in [-0.1, -0.05) is 200 Å². The second-order valence-corrected chi connectivity index (χ2v) is 17.9. The van der Waals surface area contributed by atoms with Gasteiger partial charge in [0.25, 0.3) is 0 Å². The minimum Gasteiger partial charge on any atom is -0.115 e. The molecule has 232 valence electrons. The van der Waals surface area contributed by atoms with Crippen molar-refractivity contribution in [3.63, 3.8) is 0 Å². The summed E-state index contributed by atoms with van der Waals surface area (Å²) in [4.78, 5) is -0.687. The Morgan fingerprint density at radius 1 is 0.417 bits per heavy atom. The molecule has 0 bridgehead atoms. The second-order valence-electron chi connectivity index (χ2n) is 11.9. The highest BCUT2D eigenvalue weighted by molar-refractivity contribution is 7.92. The number of benzene rings is 7. The molecule has 48 heavy (non-hydrogen) atoms. The van der Waals surface area contributed by atoms with E-state index in [-0.39, 0.29) is 0 Å². The first-order valence-electron chi connectivity index (χ1n) is 16.1. The molecule has 0 aliphatic heterocycles. The zero-order chi connectivity index (χ0) is 32.5. The third-order valence-corrected chi connectivity index (χ3v) is 17.4. The van der Waals surface area contributed by atoms with Crippen LogP contribution >= 0.6 is 39.0 Å². The summed E-state index contributed by atoms with van der Waals surface area (Å²) in [5.41, 5.74) is 2.46. The summed E-state index contributed by atoms with van der Waals surface area (Å²) in [6.07, 6.45) is 0. The van der Waals surface area contributed by atoms with E-state index >= 15 is 0 Å². The normalized spacial score (nSPS) is 15.5. The molecule has 7 aromatic carbocycles. The largest absolute Gasteiger partial charge is 0.115 e. The van der Waals surface area contributed by atoms with E-state index in [1.807, 2.05) is 0 Å². The topological polar surface area (TPSA) is 0 Å². The van der Waals surface area contributed by atoms with E-state index in [2.05, 4.69) is 188 Å². The standard InChI is InChI=1S/C44H32Cl2P2/c45-42-40-30-16-15-29-39(40)41(38-31-17-19-32-18-13-14-28-37(32)38)44(43(42)46,47(33-20-5-1-6-21-33)34-22-7-2-8-23-34)48(35-24-9-3-10-25-35)36-26-11-4-12-27-36/h1-31,43H/t43-/m0/s1. The number of alkyl halides is 1. The van der Waals surface area contributed by atoms with Crippen LogP contribution in [0.3, 0.4) is 0 Å². The molecule has 1 atom stereocenters. The first kappa shape index (κ1) is 31.3. The van der Waals surface area contributed by atoms with Crippen LogP contribution in [0.5, 0.6) is 0 Å². The molecule has 0 aromatic heterocycles. The quantitative estimate of drug-likeness (QED) is 0.116. The van der Waals surface area contributed by atoms with Crippen molar-refractivity contribution in [3.8, 4) is 0 Å². The van der Waals surface area contributed by atoms with Crippen LogP contribution in [0.15, 0.2) is 188 Å². The summed E-state index contributed by atoms with van der Waals surface area (Å²) in [7, 11) is -2.39. The van der Waals surface area contributed by atoms with Gasteiger partial charge in [0.15, 0.2) is 0 Å². The molecule has 4 heteroatoms. The van der Waals surface area contributed by atoms with Crippen LogP contribution < -0.4 is 31.7 Å². The van der Waals surface area contributed by atoms with Gasteiger partial charge in [0.1, 0.15) is 0 Å². The lowest BCUT2D eigenvalue weighted by atomic mass is 9.89. The predicted molar refractivity (Wildman–Crippen MR) is 212 cm³/mol. The van der Waals surface area contributed by atoms with E-state index in [4.69, 9.17) is 23.2 Å². The molecular formula is C44H32Cl2P2. The first-order chi connectivity index (χ1) is 23.7. The Morgan fingerprint density at radius 2 is 0.812 bits per heavy atom. The van der Waals surface area contributed by atoms with Crippen LogP contribution in [0.4, 0.5) is 0 Å². The maximum absolute atomic E-state index is 8.25. The van der Waals surface area contributed by atoms with Crippen molar-refractivity contribution in [2.24, 2.45) is 0 Å². The fourth-order valence-electron chi connectivity index (χ4n) is 7.28. The van der Waals surface area contributed by atoms with Crippen molar-refractivity contribution in [2.75, 3.05) is 0 Å². The summed E-state index contributed by atoms with van der Waals surface area (Å²) in [6, 6.07) is 68.2. The van der Waals surface area contributed by atoms with Crippen LogP contribution in [0.2, 0.25) is 0 Å². The number of rotatable bonds is 7. The summed E-state index contributed by atoms with van der Waals surface area (Å²) in [5, 5.41) is 9.80. The van der Waals surface area contributed by atoms with E-state index in [0.29, 0.717) is 5.03 Å². The Bertz CT molecular complexity index is 2160. The van der Waals surface area contributed by atoms with Crippen molar-refractivity contribution < 1.29 is 0 Å². The number of halogens is 2. The van der Waals surface area contributed by atoms with Gasteiger partial charge in [-0.05, 0) is 69.4 Å². The van der Waals surface area contributed by atoms with E-state index < -0.39 is 26.1 Å². The minimum absolute atomic E-state index is 0.541. The second kappa shape index (κ2) is 13.5. The average Bonchev–Trinajstić information content (AvgIpc) is 3.16. The first-order valence-corrected chi connectivity index (χ1v) is 19.6. The third kappa shape index (κ3) is 5.24. The van der Waals surface area contributed by atoms with Crippen molar-refractivity contribution >= 4 is 81.6 Å². The van der Waals surface area contributed by atoms with Gasteiger partial charge in [-0.3, -0.25) is 0 Å². The molecule has 0 saturated heterocycles. The van der Waals surface area contributed by atoms with Crippen molar-refractivity contribution in [3.05, 3.63) is 204 Å². The lowest BCUT2D eigenvalue weighted by Gasteiger charge is -2.53. The molecule has 0 spiro atoms. The van der Waals surface area contributed by atoms with E-state index in [1.54, 1.807) is 0 Å². The lowest BCUT2D eigenvalue weighted by Crippen LogP contribution is -2.54. The highest BCUT2D eigenvalue weighted by Gasteiger charge is 2.58. The lowest BCUT2D eigenvalue weighted by molar-refractivity contribution is 1.01. The maximum Gasteiger partial charge on any atom is 0.0886 e. The highest BCUT2D eigenvalue weighted by atomic mass is 35.5. The molecule has 1 aliphatic rings. The van der Waals surface area contributed by atoms with Crippen LogP contribution in [0.25, 0.3) is 21.4 Å². The predicted octanol–water partition coefficient (Wildman–Crippen LogP) is 8.97. The summed E-state index contributed by atoms with van der Waals surface area (Å²) >= 11 is 15.9. The van der Waals surface area contributed by atoms with Gasteiger partial charge in [-0.2, -0.15) is 0 Å². The highest BCUT2D eigenvalue weighted by Crippen LogP contribution is 2.73. The van der Waals surface area contributed by atoms with Crippen molar-refractivity contribution in [1.29, 1.82) is 0 Å². The average molecular weight is 694 g/mol. The summed E-state index contributed by atoms with van der Waals surface area (Å²) in [5.74, 6) is 0. The van der Waals surface area contributed by atoms with Gasteiger partial charge in [-0.15, -0.1) is 11.6 Å². The van der Waals surface area contributed by atoms with E-state index in [9.17, 15) is 0 Å². The third-order valence-electron chi connectivity index (χ3n) is 9.20. The molecule has 0 unspecified atom stereocenters. The van der Waals surface area contributed by atoms with Crippen molar-refractivity contribution in [2.45, 2.75) is 10.3 Å². The molecule has 0 fully saturated rings. The van der Waals surface area contributed by atoms with Gasteiger partial charge in [-0.25, -0.2) is 0 Å². The van der Waals surface area contributed by atoms with Gasteiger partial charge in [0.2, 0.25) is 0 Å². The summed E-state index contributed by atoms with van der Waals surface area (Å²) < 4.78 is 0. The van der Waals surface area contributed by atoms with Gasteiger partial charge < -0.3 is 0 Å². The zero-order valence-corrected chi connectivity index (χ0v) is 29.4. The molecule has 8 rings (SSSR count). The monoisotopic (exact) mass is 692 g/mol. The van der Waals surface area contributed by atoms with Crippen LogP contribution in [0, 0.1) is 0 Å². The molecule has 0 heterocycles. The number of hydrogen-bond acceptors (Lipinski definition) is 0. The Kier molecular flexibility index (Phi) is 8.77. The zero-order valence-electron chi connectivity index (χ0n) is 26.1. The minimum atomic E-state index is -1.19. The van der Waals surface area contributed by atoms with Crippen LogP contribution in [0.1, 0.15) is 5.56 Å². The Hall–Kier alpha value is -4.02. The summed E-state index contributed by atoms with van der Waals surface area (Å²) in [6.45, 7) is 0. The van der Waals surface area contributed by atoms with Gasteiger partial charge in [0, 0.05) is 5.03 Å². The van der Waals surface area contributed by atoms with Crippen LogP contribution in [-0.4, -0.2) is 10.3 Å². The molecular weight excluding hydrogens is 661 g/mol. The SMILES string of the molecule is ClC1=c2ccccc2=C(c2cccc3ccccc23)C(P(c2ccccc2)c2ccccc2)(P(c2ccccc2)c2ccccc2)[C@H]1Cl. The number of fused-ring (bicyclic) bond motifs is 2. The van der Waals surface area contributed by atoms with Gasteiger partial charge >= 0.3 is 0 Å². The Morgan fingerprint density at radius 3 is 1.31 bits per heavy atom. The molecule has 1 aliphatic carbocycles. The van der Waals surface area contributed by atoms with E-state index in [0.717, 1.165) is 10.4 Å². The fraction of sp³-hybridized carbons (Fsp3) is 0.0455. The van der Waals surface area contributed by atoms with Crippen LogP contribution in [-0.2, 0) is 0 Å². The molecule has 0 N–H and O–H groups in total. The maximum atomic E-state index is 8.25. The molecule has 0 saturated carbocycles. The van der Waals surface area contributed by atoms with Crippen molar-refractivity contribution in [1.82, 2.24) is 0 Å². The number of hydrogen-bond donors (Lipinski definition) is 0. The fourth-order valence-corrected chi connectivity index (χ4v) is 16.4. The molecule has 0 amide bonds. The molecule has 7 aromatic rings. The molecule has 0 radical (unpaired) electrons. The Balaban J connectivity index is 1.66.